The SMILES string of the molecule is CC/C(=N/P(=O)(c1ccccc1)c1ccccc1)c1ccccc1. The van der Waals surface area contributed by atoms with Crippen LogP contribution in [0, 0.1) is 0 Å². The van der Waals surface area contributed by atoms with Crippen LogP contribution in [0.25, 0.3) is 0 Å². The standard InChI is InChI=1S/C21H20NOP/c1-2-21(18-12-6-3-7-13-18)22-24(23,19-14-8-4-9-15-19)20-16-10-5-11-17-20/h3-17H,2H2,1H3/b22-21-. The highest BCUT2D eigenvalue weighted by atomic mass is 31.2. The van der Waals surface area contributed by atoms with Crippen molar-refractivity contribution in [3.8, 4) is 0 Å². The summed E-state index contributed by atoms with van der Waals surface area (Å²) in [6.45, 7) is 2.05. The highest BCUT2D eigenvalue weighted by Gasteiger charge is 2.27. The van der Waals surface area contributed by atoms with E-state index in [1.165, 1.54) is 0 Å². The predicted octanol–water partition coefficient (Wildman–Crippen LogP) is 4.81. The fraction of sp³-hybridized carbons (Fsp3) is 0.0952. The summed E-state index contributed by atoms with van der Waals surface area (Å²) in [4.78, 5) is 0. The molecule has 120 valence electrons. The Labute approximate surface area is 143 Å². The second kappa shape index (κ2) is 7.42. The maximum absolute atomic E-state index is 14.0. The highest BCUT2D eigenvalue weighted by molar-refractivity contribution is 7.77. The summed E-state index contributed by atoms with van der Waals surface area (Å²) in [5, 5.41) is 1.52. The average Bonchev–Trinajstić information content (AvgIpc) is 2.68. The second-order valence-electron chi connectivity index (χ2n) is 5.51. The lowest BCUT2D eigenvalue weighted by molar-refractivity contribution is 0.588. The van der Waals surface area contributed by atoms with Crippen molar-refractivity contribution in [3.05, 3.63) is 96.6 Å². The fourth-order valence-electron chi connectivity index (χ4n) is 2.66. The van der Waals surface area contributed by atoms with E-state index in [1.807, 2.05) is 97.9 Å². The van der Waals surface area contributed by atoms with E-state index in [0.29, 0.717) is 0 Å². The van der Waals surface area contributed by atoms with Gasteiger partial charge in [0.05, 0.1) is 5.71 Å². The quantitative estimate of drug-likeness (QED) is 0.486. The van der Waals surface area contributed by atoms with Gasteiger partial charge in [0.2, 0.25) is 7.29 Å². The van der Waals surface area contributed by atoms with Gasteiger partial charge in [-0.25, -0.2) is 4.76 Å². The molecule has 0 aliphatic carbocycles. The summed E-state index contributed by atoms with van der Waals surface area (Å²) in [6, 6.07) is 29.1. The molecule has 0 N–H and O–H groups in total. The minimum absolute atomic E-state index is 0.730. The van der Waals surface area contributed by atoms with Gasteiger partial charge in [-0.05, 0) is 36.2 Å². The summed E-state index contributed by atoms with van der Waals surface area (Å²) in [7, 11) is -3.07. The first-order chi connectivity index (χ1) is 11.7. The van der Waals surface area contributed by atoms with Gasteiger partial charge in [0.25, 0.3) is 0 Å². The van der Waals surface area contributed by atoms with Crippen LogP contribution in [-0.2, 0) is 4.57 Å². The molecule has 0 amide bonds. The number of benzene rings is 3. The molecular formula is C21H20NOP. The minimum atomic E-state index is -3.07. The third kappa shape index (κ3) is 3.39. The van der Waals surface area contributed by atoms with E-state index in [0.717, 1.165) is 28.3 Å². The summed E-state index contributed by atoms with van der Waals surface area (Å²) in [5.41, 5.74) is 1.89. The molecule has 0 saturated heterocycles. The van der Waals surface area contributed by atoms with Gasteiger partial charge in [-0.15, -0.1) is 0 Å². The number of hydrogen-bond acceptors (Lipinski definition) is 1. The molecule has 0 radical (unpaired) electrons. The van der Waals surface area contributed by atoms with Crippen LogP contribution in [0.4, 0.5) is 0 Å². The van der Waals surface area contributed by atoms with Crippen LogP contribution < -0.4 is 10.6 Å². The van der Waals surface area contributed by atoms with Gasteiger partial charge in [0.15, 0.2) is 0 Å². The maximum Gasteiger partial charge on any atom is 0.247 e. The van der Waals surface area contributed by atoms with Gasteiger partial charge in [0.1, 0.15) is 0 Å². The molecule has 2 nitrogen and oxygen atoms in total. The van der Waals surface area contributed by atoms with Crippen molar-refractivity contribution in [1.29, 1.82) is 0 Å². The zero-order valence-electron chi connectivity index (χ0n) is 13.7. The van der Waals surface area contributed by atoms with Crippen LogP contribution >= 0.6 is 7.29 Å². The van der Waals surface area contributed by atoms with Gasteiger partial charge in [-0.3, -0.25) is 4.57 Å². The predicted molar refractivity (Wildman–Crippen MR) is 103 cm³/mol. The number of hydrogen-bond donors (Lipinski definition) is 0. The molecule has 0 aliphatic heterocycles. The Bertz CT molecular complexity index is 815. The van der Waals surface area contributed by atoms with Crippen LogP contribution in [0.2, 0.25) is 0 Å². The van der Waals surface area contributed by atoms with Crippen LogP contribution in [0.5, 0.6) is 0 Å². The second-order valence-corrected chi connectivity index (χ2v) is 7.90. The van der Waals surface area contributed by atoms with E-state index in [4.69, 9.17) is 4.76 Å². The first kappa shape index (κ1) is 16.4. The Morgan fingerprint density at radius 2 is 1.17 bits per heavy atom. The third-order valence-electron chi connectivity index (χ3n) is 3.92. The molecule has 0 heterocycles. The van der Waals surface area contributed by atoms with Gasteiger partial charge < -0.3 is 0 Å². The van der Waals surface area contributed by atoms with E-state index in [1.54, 1.807) is 0 Å². The van der Waals surface area contributed by atoms with Crippen LogP contribution in [0.1, 0.15) is 18.9 Å². The van der Waals surface area contributed by atoms with Crippen molar-refractivity contribution in [2.75, 3.05) is 0 Å². The lowest BCUT2D eigenvalue weighted by atomic mass is 10.1. The topological polar surface area (TPSA) is 29.4 Å². The molecule has 3 heteroatoms. The first-order valence-electron chi connectivity index (χ1n) is 8.10. The lowest BCUT2D eigenvalue weighted by Gasteiger charge is -2.17. The molecule has 0 aliphatic rings. The van der Waals surface area contributed by atoms with Gasteiger partial charge in [-0.2, -0.15) is 0 Å². The van der Waals surface area contributed by atoms with E-state index in [-0.39, 0.29) is 0 Å². The number of nitrogens with zero attached hydrogens (tertiary/aromatic N) is 1. The van der Waals surface area contributed by atoms with Crippen LogP contribution in [-0.4, -0.2) is 5.71 Å². The summed E-state index contributed by atoms with van der Waals surface area (Å²) in [6.07, 6.45) is 0.730. The highest BCUT2D eigenvalue weighted by Crippen LogP contribution is 2.45. The molecule has 3 rings (SSSR count). The zero-order valence-corrected chi connectivity index (χ0v) is 14.6. The van der Waals surface area contributed by atoms with E-state index in [2.05, 4.69) is 0 Å². The van der Waals surface area contributed by atoms with Crippen molar-refractivity contribution in [2.45, 2.75) is 13.3 Å². The zero-order chi connectivity index (χ0) is 16.8. The smallest absolute Gasteiger partial charge is 0.247 e. The molecule has 0 spiro atoms. The van der Waals surface area contributed by atoms with Crippen molar-refractivity contribution < 1.29 is 4.57 Å². The summed E-state index contributed by atoms with van der Waals surface area (Å²) >= 11 is 0. The Morgan fingerprint density at radius 3 is 1.58 bits per heavy atom. The normalized spacial score (nSPS) is 12.1. The molecule has 0 atom stereocenters. The Balaban J connectivity index is 2.19. The van der Waals surface area contributed by atoms with Crippen molar-refractivity contribution in [2.24, 2.45) is 4.76 Å². The molecular weight excluding hydrogens is 313 g/mol. The van der Waals surface area contributed by atoms with Crippen LogP contribution in [0.15, 0.2) is 95.8 Å². The minimum Gasteiger partial charge on any atom is -0.288 e. The van der Waals surface area contributed by atoms with Gasteiger partial charge in [0, 0.05) is 10.6 Å². The third-order valence-corrected chi connectivity index (χ3v) is 6.44. The summed E-state index contributed by atoms with van der Waals surface area (Å²) < 4.78 is 18.8. The first-order valence-corrected chi connectivity index (χ1v) is 9.76. The maximum atomic E-state index is 14.0. The van der Waals surface area contributed by atoms with Gasteiger partial charge in [-0.1, -0.05) is 73.7 Å². The Morgan fingerprint density at radius 1 is 0.750 bits per heavy atom. The molecule has 24 heavy (non-hydrogen) atoms. The van der Waals surface area contributed by atoms with Crippen LogP contribution in [0.3, 0.4) is 0 Å². The monoisotopic (exact) mass is 333 g/mol. The number of rotatable bonds is 5. The molecule has 0 fully saturated rings. The Kier molecular flexibility index (Phi) is 5.08. The van der Waals surface area contributed by atoms with Crippen molar-refractivity contribution in [1.82, 2.24) is 0 Å². The summed E-state index contributed by atoms with van der Waals surface area (Å²) in [5.74, 6) is 0. The molecule has 0 unspecified atom stereocenters. The molecule has 0 saturated carbocycles. The largest absolute Gasteiger partial charge is 0.288 e. The molecule has 0 aromatic heterocycles. The lowest BCUT2D eigenvalue weighted by Crippen LogP contribution is -2.16. The van der Waals surface area contributed by atoms with E-state index in [9.17, 15) is 4.57 Å². The van der Waals surface area contributed by atoms with Crippen molar-refractivity contribution in [3.63, 3.8) is 0 Å². The van der Waals surface area contributed by atoms with E-state index < -0.39 is 7.29 Å². The molecule has 0 bridgehead atoms. The Hall–Kier alpha value is -2.44. The van der Waals surface area contributed by atoms with E-state index >= 15 is 0 Å². The fourth-order valence-corrected chi connectivity index (χ4v) is 4.94. The average molecular weight is 333 g/mol. The molecule has 3 aromatic rings. The molecule has 3 aromatic carbocycles. The van der Waals surface area contributed by atoms with Crippen molar-refractivity contribution >= 4 is 23.6 Å². The van der Waals surface area contributed by atoms with Gasteiger partial charge >= 0.3 is 0 Å².